The summed E-state index contributed by atoms with van der Waals surface area (Å²) in [6.07, 6.45) is 0. The average molecular weight is 456 g/mol. The van der Waals surface area contributed by atoms with E-state index in [-0.39, 0.29) is 11.6 Å². The van der Waals surface area contributed by atoms with E-state index in [9.17, 15) is 9.59 Å². The SMILES string of the molecule is O=C(NCc1cccc(Br)c1)N1CCN(Cc2nc3ccccc3c(=O)[nH]2)CC1. The van der Waals surface area contributed by atoms with Crippen LogP contribution >= 0.6 is 15.9 Å². The number of amides is 2. The van der Waals surface area contributed by atoms with Crippen molar-refractivity contribution >= 4 is 32.9 Å². The maximum Gasteiger partial charge on any atom is 0.317 e. The van der Waals surface area contributed by atoms with Gasteiger partial charge < -0.3 is 15.2 Å². The van der Waals surface area contributed by atoms with E-state index in [1.54, 1.807) is 6.07 Å². The predicted octanol–water partition coefficient (Wildman–Crippen LogP) is 2.71. The van der Waals surface area contributed by atoms with Crippen LogP contribution in [0.1, 0.15) is 11.4 Å². The molecule has 4 rings (SSSR count). The van der Waals surface area contributed by atoms with Gasteiger partial charge in [0.25, 0.3) is 5.56 Å². The van der Waals surface area contributed by atoms with Crippen molar-refractivity contribution in [2.24, 2.45) is 0 Å². The highest BCUT2D eigenvalue weighted by Crippen LogP contribution is 2.12. The summed E-state index contributed by atoms with van der Waals surface area (Å²) in [5.41, 5.74) is 1.64. The summed E-state index contributed by atoms with van der Waals surface area (Å²) >= 11 is 3.44. The van der Waals surface area contributed by atoms with Gasteiger partial charge >= 0.3 is 6.03 Å². The van der Waals surface area contributed by atoms with E-state index < -0.39 is 0 Å². The number of aromatic amines is 1. The second-order valence-corrected chi connectivity index (χ2v) is 8.00. The van der Waals surface area contributed by atoms with Crippen LogP contribution in [0.3, 0.4) is 0 Å². The lowest BCUT2D eigenvalue weighted by Crippen LogP contribution is -2.51. The lowest BCUT2D eigenvalue weighted by molar-refractivity contribution is 0.133. The van der Waals surface area contributed by atoms with Gasteiger partial charge in [0.2, 0.25) is 0 Å². The summed E-state index contributed by atoms with van der Waals surface area (Å²) in [7, 11) is 0. The molecular weight excluding hydrogens is 434 g/mol. The molecule has 0 atom stereocenters. The molecule has 8 heteroatoms. The number of carbonyl (C=O) groups excluding carboxylic acids is 1. The number of fused-ring (bicyclic) bond motifs is 1. The number of benzene rings is 2. The minimum Gasteiger partial charge on any atom is -0.334 e. The molecule has 0 aliphatic carbocycles. The summed E-state index contributed by atoms with van der Waals surface area (Å²) in [5.74, 6) is 0.654. The van der Waals surface area contributed by atoms with Gasteiger partial charge in [-0.15, -0.1) is 0 Å². The van der Waals surface area contributed by atoms with Crippen molar-refractivity contribution in [3.8, 4) is 0 Å². The predicted molar refractivity (Wildman–Crippen MR) is 116 cm³/mol. The summed E-state index contributed by atoms with van der Waals surface area (Å²) in [6.45, 7) is 3.82. The van der Waals surface area contributed by atoms with Crippen LogP contribution in [0.4, 0.5) is 4.79 Å². The fourth-order valence-corrected chi connectivity index (χ4v) is 3.91. The molecule has 2 N–H and O–H groups in total. The summed E-state index contributed by atoms with van der Waals surface area (Å²) in [6, 6.07) is 15.2. The minimum absolute atomic E-state index is 0.0538. The molecule has 7 nitrogen and oxygen atoms in total. The summed E-state index contributed by atoms with van der Waals surface area (Å²) < 4.78 is 0.998. The number of piperazine rings is 1. The number of carbonyl (C=O) groups is 1. The van der Waals surface area contributed by atoms with E-state index in [0.29, 0.717) is 42.9 Å². The van der Waals surface area contributed by atoms with E-state index >= 15 is 0 Å². The standard InChI is InChI=1S/C21H22BrN5O2/c22-16-5-3-4-15(12-16)13-23-21(29)27-10-8-26(9-11-27)14-19-24-18-7-2-1-6-17(18)20(28)25-19/h1-7,12H,8-11,13-14H2,(H,23,29)(H,24,25,28). The Balaban J connectivity index is 1.30. The zero-order chi connectivity index (χ0) is 20.2. The number of H-pyrrole nitrogens is 1. The molecule has 0 unspecified atom stereocenters. The lowest BCUT2D eigenvalue weighted by Gasteiger charge is -2.34. The molecule has 2 amide bonds. The molecule has 2 aromatic carbocycles. The first kappa shape index (κ1) is 19.6. The molecule has 2 heterocycles. The molecule has 3 aromatic rings. The van der Waals surface area contributed by atoms with Crippen LogP contribution in [0.2, 0.25) is 0 Å². The van der Waals surface area contributed by atoms with Crippen LogP contribution in [-0.4, -0.2) is 52.0 Å². The van der Waals surface area contributed by atoms with Crippen molar-refractivity contribution < 1.29 is 4.79 Å². The Morgan fingerprint density at radius 1 is 1.10 bits per heavy atom. The minimum atomic E-state index is -0.115. The Morgan fingerprint density at radius 3 is 2.69 bits per heavy atom. The quantitative estimate of drug-likeness (QED) is 0.633. The normalized spacial score (nSPS) is 14.9. The first-order chi connectivity index (χ1) is 14.1. The van der Waals surface area contributed by atoms with E-state index in [2.05, 4.69) is 36.1 Å². The number of hydrogen-bond acceptors (Lipinski definition) is 4. The molecule has 1 aliphatic rings. The van der Waals surface area contributed by atoms with Crippen LogP contribution in [0.5, 0.6) is 0 Å². The molecule has 1 saturated heterocycles. The van der Waals surface area contributed by atoms with Crippen molar-refractivity contribution in [2.45, 2.75) is 13.1 Å². The first-order valence-electron chi connectivity index (χ1n) is 9.56. The number of nitrogens with one attached hydrogen (secondary N) is 2. The van der Waals surface area contributed by atoms with Gasteiger partial charge in [0.1, 0.15) is 5.82 Å². The Hall–Kier alpha value is -2.71. The Morgan fingerprint density at radius 2 is 1.90 bits per heavy atom. The van der Waals surface area contributed by atoms with E-state index in [1.807, 2.05) is 47.4 Å². The highest BCUT2D eigenvalue weighted by atomic mass is 79.9. The number of halogens is 1. The number of aromatic nitrogens is 2. The molecular formula is C21H22BrN5O2. The topological polar surface area (TPSA) is 81.3 Å². The van der Waals surface area contributed by atoms with Gasteiger partial charge in [-0.2, -0.15) is 0 Å². The van der Waals surface area contributed by atoms with E-state index in [1.165, 1.54) is 0 Å². The lowest BCUT2D eigenvalue weighted by atomic mass is 10.2. The fraction of sp³-hybridized carbons (Fsp3) is 0.286. The number of urea groups is 1. The number of hydrogen-bond donors (Lipinski definition) is 2. The Bertz CT molecular complexity index is 1080. The average Bonchev–Trinajstić information content (AvgIpc) is 2.73. The third kappa shape index (κ3) is 4.83. The molecule has 1 fully saturated rings. The highest BCUT2D eigenvalue weighted by Gasteiger charge is 2.21. The van der Waals surface area contributed by atoms with Crippen molar-refractivity contribution in [1.82, 2.24) is 25.1 Å². The van der Waals surface area contributed by atoms with E-state index in [0.717, 1.165) is 23.1 Å². The molecule has 29 heavy (non-hydrogen) atoms. The van der Waals surface area contributed by atoms with Gasteiger partial charge in [-0.3, -0.25) is 9.69 Å². The molecule has 0 spiro atoms. The van der Waals surface area contributed by atoms with Gasteiger partial charge in [-0.05, 0) is 29.8 Å². The van der Waals surface area contributed by atoms with Crippen molar-refractivity contribution in [3.63, 3.8) is 0 Å². The van der Waals surface area contributed by atoms with Crippen LogP contribution in [-0.2, 0) is 13.1 Å². The molecule has 0 bridgehead atoms. The Labute approximate surface area is 176 Å². The summed E-state index contributed by atoms with van der Waals surface area (Å²) in [4.78, 5) is 36.1. The van der Waals surface area contributed by atoms with Crippen molar-refractivity contribution in [1.29, 1.82) is 0 Å². The smallest absolute Gasteiger partial charge is 0.317 e. The number of nitrogens with zero attached hydrogens (tertiary/aromatic N) is 3. The zero-order valence-electron chi connectivity index (χ0n) is 15.9. The number of para-hydroxylation sites is 1. The Kier molecular flexibility index (Phi) is 5.92. The molecule has 1 aliphatic heterocycles. The van der Waals surface area contributed by atoms with Gasteiger partial charge in [0, 0.05) is 37.2 Å². The summed E-state index contributed by atoms with van der Waals surface area (Å²) in [5, 5.41) is 3.58. The first-order valence-corrected chi connectivity index (χ1v) is 10.4. The second-order valence-electron chi connectivity index (χ2n) is 7.08. The van der Waals surface area contributed by atoms with Crippen LogP contribution in [0.15, 0.2) is 57.8 Å². The molecule has 150 valence electrons. The second kappa shape index (κ2) is 8.75. The van der Waals surface area contributed by atoms with Crippen LogP contribution in [0, 0.1) is 0 Å². The maximum absolute atomic E-state index is 12.4. The third-order valence-corrected chi connectivity index (χ3v) is 5.52. The molecule has 0 saturated carbocycles. The van der Waals surface area contributed by atoms with Gasteiger partial charge in [-0.25, -0.2) is 9.78 Å². The largest absolute Gasteiger partial charge is 0.334 e. The fourth-order valence-electron chi connectivity index (χ4n) is 3.47. The van der Waals surface area contributed by atoms with E-state index in [4.69, 9.17) is 0 Å². The van der Waals surface area contributed by atoms with Crippen LogP contribution < -0.4 is 10.9 Å². The monoisotopic (exact) mass is 455 g/mol. The van der Waals surface area contributed by atoms with Gasteiger partial charge in [0.15, 0.2) is 0 Å². The molecule has 1 aromatic heterocycles. The maximum atomic E-state index is 12.4. The van der Waals surface area contributed by atoms with Crippen molar-refractivity contribution in [3.05, 3.63) is 74.7 Å². The molecule has 0 radical (unpaired) electrons. The van der Waals surface area contributed by atoms with Crippen molar-refractivity contribution in [2.75, 3.05) is 26.2 Å². The zero-order valence-corrected chi connectivity index (χ0v) is 17.5. The number of rotatable bonds is 4. The van der Waals surface area contributed by atoms with Gasteiger partial charge in [-0.1, -0.05) is 40.2 Å². The third-order valence-electron chi connectivity index (χ3n) is 5.03. The van der Waals surface area contributed by atoms with Gasteiger partial charge in [0.05, 0.1) is 17.4 Å². The van der Waals surface area contributed by atoms with Crippen LogP contribution in [0.25, 0.3) is 10.9 Å². The highest BCUT2D eigenvalue weighted by molar-refractivity contribution is 9.10.